The molecule has 114 valence electrons. The minimum absolute atomic E-state index is 0.0424. The summed E-state index contributed by atoms with van der Waals surface area (Å²) in [4.78, 5) is 26.1. The highest BCUT2D eigenvalue weighted by Crippen LogP contribution is 2.20. The molecule has 2 unspecified atom stereocenters. The minimum atomic E-state index is -1.10. The van der Waals surface area contributed by atoms with Gasteiger partial charge in [-0.3, -0.25) is 0 Å². The molecule has 2 rings (SSSR count). The number of aliphatic hydroxyl groups excluding tert-OH is 1. The van der Waals surface area contributed by atoms with E-state index in [1.807, 2.05) is 0 Å². The lowest BCUT2D eigenvalue weighted by atomic mass is 10.2. The Morgan fingerprint density at radius 3 is 2.57 bits per heavy atom. The number of rotatable bonds is 3. The molecule has 1 saturated heterocycles. The van der Waals surface area contributed by atoms with E-state index in [9.17, 15) is 14.7 Å². The predicted molar refractivity (Wildman–Crippen MR) is 77.1 cm³/mol. The van der Waals surface area contributed by atoms with Crippen LogP contribution in [0.5, 0.6) is 0 Å². The van der Waals surface area contributed by atoms with Crippen LogP contribution in [0.4, 0.5) is 4.79 Å². The fraction of sp³-hybridized carbons (Fsp3) is 0.429. The van der Waals surface area contributed by atoms with Crippen molar-refractivity contribution in [1.29, 1.82) is 0 Å². The third-order valence-electron chi connectivity index (χ3n) is 3.47. The van der Waals surface area contributed by atoms with E-state index < -0.39 is 24.1 Å². The number of likely N-dealkylation sites (tertiary alicyclic amines) is 1. The van der Waals surface area contributed by atoms with Crippen LogP contribution < -0.4 is 0 Å². The average molecular weight is 313 g/mol. The zero-order chi connectivity index (χ0) is 15.6. The quantitative estimate of drug-likeness (QED) is 0.884. The summed E-state index contributed by atoms with van der Waals surface area (Å²) in [5, 5.41) is 19.3. The summed E-state index contributed by atoms with van der Waals surface area (Å²) in [6.45, 7) is 0.385. The van der Waals surface area contributed by atoms with E-state index >= 15 is 0 Å². The van der Waals surface area contributed by atoms with Crippen LogP contribution in [0.3, 0.4) is 0 Å². The van der Waals surface area contributed by atoms with Gasteiger partial charge in [0.25, 0.3) is 0 Å². The van der Waals surface area contributed by atoms with Gasteiger partial charge in [-0.15, -0.1) is 0 Å². The molecule has 7 heteroatoms. The van der Waals surface area contributed by atoms with Gasteiger partial charge in [-0.25, -0.2) is 9.59 Å². The van der Waals surface area contributed by atoms with Crippen molar-refractivity contribution in [2.24, 2.45) is 0 Å². The van der Waals surface area contributed by atoms with Gasteiger partial charge >= 0.3 is 12.0 Å². The Kier molecular flexibility index (Phi) is 4.69. The van der Waals surface area contributed by atoms with Gasteiger partial charge in [0.05, 0.1) is 6.10 Å². The highest BCUT2D eigenvalue weighted by Gasteiger charge is 2.39. The Labute approximate surface area is 127 Å². The number of benzene rings is 1. The standard InChI is InChI=1S/C14H17ClN2O4/c1-16(7-9-2-4-10(15)5-3-9)14(21)17-8-11(18)6-12(17)13(19)20/h2-5,11-12,18H,6-8H2,1H3,(H,19,20). The summed E-state index contributed by atoms with van der Waals surface area (Å²) in [6, 6.07) is 5.69. The minimum Gasteiger partial charge on any atom is -0.480 e. The molecule has 2 amide bonds. The number of hydrogen-bond donors (Lipinski definition) is 2. The first-order chi connectivity index (χ1) is 9.88. The van der Waals surface area contributed by atoms with Crippen molar-refractivity contribution in [1.82, 2.24) is 9.80 Å². The third-order valence-corrected chi connectivity index (χ3v) is 3.72. The van der Waals surface area contributed by atoms with Crippen molar-refractivity contribution in [3.05, 3.63) is 34.9 Å². The highest BCUT2D eigenvalue weighted by molar-refractivity contribution is 6.30. The second-order valence-corrected chi connectivity index (χ2v) is 5.60. The van der Waals surface area contributed by atoms with Crippen LogP contribution in [-0.2, 0) is 11.3 Å². The number of hydrogen-bond acceptors (Lipinski definition) is 3. The maximum absolute atomic E-state index is 12.3. The Bertz CT molecular complexity index is 534. The Balaban J connectivity index is 2.04. The Morgan fingerprint density at radius 1 is 1.38 bits per heavy atom. The lowest BCUT2D eigenvalue weighted by Crippen LogP contribution is -2.46. The van der Waals surface area contributed by atoms with Gasteiger partial charge in [0.2, 0.25) is 0 Å². The van der Waals surface area contributed by atoms with Gasteiger partial charge in [-0.1, -0.05) is 23.7 Å². The van der Waals surface area contributed by atoms with Crippen molar-refractivity contribution < 1.29 is 19.8 Å². The Hall–Kier alpha value is -1.79. The number of carboxylic acid groups (broad SMARTS) is 1. The number of aliphatic hydroxyl groups is 1. The molecule has 0 saturated carbocycles. The molecule has 0 aromatic heterocycles. The fourth-order valence-corrected chi connectivity index (χ4v) is 2.54. The molecule has 1 aliphatic rings. The zero-order valence-electron chi connectivity index (χ0n) is 11.6. The number of aliphatic carboxylic acids is 1. The SMILES string of the molecule is CN(Cc1ccc(Cl)cc1)C(=O)N1CC(O)CC1C(=O)O. The predicted octanol–water partition coefficient (Wildman–Crippen LogP) is 1.41. The summed E-state index contributed by atoms with van der Waals surface area (Å²) < 4.78 is 0. The van der Waals surface area contributed by atoms with E-state index in [-0.39, 0.29) is 13.0 Å². The van der Waals surface area contributed by atoms with Crippen molar-refractivity contribution in [2.75, 3.05) is 13.6 Å². The monoisotopic (exact) mass is 312 g/mol. The van der Waals surface area contributed by atoms with Crippen LogP contribution in [0.15, 0.2) is 24.3 Å². The van der Waals surface area contributed by atoms with E-state index in [2.05, 4.69) is 0 Å². The summed E-state index contributed by atoms with van der Waals surface area (Å²) in [6.07, 6.45) is -0.727. The molecular formula is C14H17ClN2O4. The maximum Gasteiger partial charge on any atom is 0.326 e. The molecule has 0 bridgehead atoms. The van der Waals surface area contributed by atoms with Crippen LogP contribution >= 0.6 is 11.6 Å². The molecule has 1 aromatic rings. The number of carbonyl (C=O) groups excluding carboxylic acids is 1. The van der Waals surface area contributed by atoms with Crippen molar-refractivity contribution in [3.63, 3.8) is 0 Å². The van der Waals surface area contributed by atoms with E-state index in [1.54, 1.807) is 31.3 Å². The number of nitrogens with zero attached hydrogens (tertiary/aromatic N) is 2. The first-order valence-electron chi connectivity index (χ1n) is 6.55. The molecule has 1 heterocycles. The first kappa shape index (κ1) is 15.6. The molecule has 1 aliphatic heterocycles. The van der Waals surface area contributed by atoms with Crippen LogP contribution in [0, 0.1) is 0 Å². The fourth-order valence-electron chi connectivity index (χ4n) is 2.41. The van der Waals surface area contributed by atoms with E-state index in [0.29, 0.717) is 11.6 Å². The summed E-state index contributed by atoms with van der Waals surface area (Å²) in [5.74, 6) is -1.10. The number of carboxylic acids is 1. The van der Waals surface area contributed by atoms with E-state index in [0.717, 1.165) is 5.56 Å². The molecule has 0 aliphatic carbocycles. The third kappa shape index (κ3) is 3.65. The second-order valence-electron chi connectivity index (χ2n) is 5.16. The van der Waals surface area contributed by atoms with Gasteiger partial charge in [0.15, 0.2) is 0 Å². The van der Waals surface area contributed by atoms with Crippen LogP contribution in [0.2, 0.25) is 5.02 Å². The summed E-state index contributed by atoms with van der Waals surface area (Å²) in [5.41, 5.74) is 0.891. The van der Waals surface area contributed by atoms with Crippen LogP contribution in [0.25, 0.3) is 0 Å². The van der Waals surface area contributed by atoms with Gasteiger partial charge in [-0.2, -0.15) is 0 Å². The number of urea groups is 1. The van der Waals surface area contributed by atoms with Crippen LogP contribution in [-0.4, -0.2) is 57.8 Å². The smallest absolute Gasteiger partial charge is 0.326 e. The molecule has 1 aromatic carbocycles. The topological polar surface area (TPSA) is 81.1 Å². The molecular weight excluding hydrogens is 296 g/mol. The van der Waals surface area contributed by atoms with Crippen molar-refractivity contribution in [3.8, 4) is 0 Å². The van der Waals surface area contributed by atoms with Gasteiger partial charge in [-0.05, 0) is 17.7 Å². The molecule has 1 fully saturated rings. The molecule has 2 atom stereocenters. The number of amides is 2. The molecule has 0 radical (unpaired) electrons. The molecule has 21 heavy (non-hydrogen) atoms. The van der Waals surface area contributed by atoms with Gasteiger partial charge < -0.3 is 20.0 Å². The highest BCUT2D eigenvalue weighted by atomic mass is 35.5. The van der Waals surface area contributed by atoms with Gasteiger partial charge in [0.1, 0.15) is 6.04 Å². The number of β-amino-alcohol motifs (C(OH)–C–C–N with tert-alkyl or cyclic N) is 1. The van der Waals surface area contributed by atoms with E-state index in [1.165, 1.54) is 9.80 Å². The molecule has 2 N–H and O–H groups in total. The Morgan fingerprint density at radius 2 is 2.00 bits per heavy atom. The largest absolute Gasteiger partial charge is 0.480 e. The molecule has 0 spiro atoms. The number of carbonyl (C=O) groups is 2. The summed E-state index contributed by atoms with van der Waals surface area (Å²) >= 11 is 5.80. The number of halogens is 1. The van der Waals surface area contributed by atoms with Crippen molar-refractivity contribution >= 4 is 23.6 Å². The lowest BCUT2D eigenvalue weighted by molar-refractivity contribution is -0.141. The normalized spacial score (nSPS) is 21.4. The lowest BCUT2D eigenvalue weighted by Gasteiger charge is -2.27. The van der Waals surface area contributed by atoms with Crippen LogP contribution in [0.1, 0.15) is 12.0 Å². The second kappa shape index (κ2) is 6.32. The maximum atomic E-state index is 12.3. The van der Waals surface area contributed by atoms with E-state index in [4.69, 9.17) is 16.7 Å². The average Bonchev–Trinajstić information content (AvgIpc) is 2.82. The van der Waals surface area contributed by atoms with Crippen molar-refractivity contribution in [2.45, 2.75) is 25.1 Å². The summed E-state index contributed by atoms with van der Waals surface area (Å²) in [7, 11) is 1.60. The van der Waals surface area contributed by atoms with Gasteiger partial charge in [0, 0.05) is 31.6 Å². The zero-order valence-corrected chi connectivity index (χ0v) is 12.3. The first-order valence-corrected chi connectivity index (χ1v) is 6.93. The molecule has 6 nitrogen and oxygen atoms in total.